The molecule has 10 atom stereocenters. The quantitative estimate of drug-likeness (QED) is 0.0558. The molecule has 7 fully saturated rings. The number of carbonyl (C=O) groups excluding carboxylic acids is 10. The summed E-state index contributed by atoms with van der Waals surface area (Å²) in [6.45, 7) is 34.1. The molecule has 7 aliphatic rings. The van der Waals surface area contributed by atoms with Crippen molar-refractivity contribution in [2.75, 3.05) is 18.8 Å². The van der Waals surface area contributed by atoms with Crippen molar-refractivity contribution in [2.24, 2.45) is 57.2 Å². The second-order valence-electron chi connectivity index (χ2n) is 32.8. The van der Waals surface area contributed by atoms with Crippen molar-refractivity contribution < 1.29 is 56.4 Å². The van der Waals surface area contributed by atoms with Crippen molar-refractivity contribution in [1.82, 2.24) is 41.7 Å². The lowest BCUT2D eigenvalue weighted by Crippen LogP contribution is -2.65. The van der Waals surface area contributed by atoms with Crippen LogP contribution in [0.25, 0.3) is 0 Å². The zero-order valence-corrected chi connectivity index (χ0v) is 57.6. The first-order valence-corrected chi connectivity index (χ1v) is 34.8. The molecule has 20 nitrogen and oxygen atoms in total. The number of unbranched alkanes of at least 4 members (excludes halogenated alkanes) is 1. The third kappa shape index (κ3) is 17.3. The molecule has 0 bridgehead atoms. The Labute approximate surface area is 526 Å². The van der Waals surface area contributed by atoms with Crippen LogP contribution in [0.3, 0.4) is 0 Å². The first kappa shape index (κ1) is 72.1. The predicted octanol–water partition coefficient (Wildman–Crippen LogP) is 8.31. The Balaban J connectivity index is 0.000000292. The van der Waals surface area contributed by atoms with Crippen molar-refractivity contribution >= 4 is 68.7 Å². The molecule has 0 aromatic heterocycles. The Morgan fingerprint density at radius 3 is 1.43 bits per heavy atom. The number of ketones is 4. The highest BCUT2D eigenvalue weighted by Gasteiger charge is 2.68. The summed E-state index contributed by atoms with van der Waals surface area (Å²) in [7, 11) is -3.56. The Kier molecular flexibility index (Phi) is 22.2. The van der Waals surface area contributed by atoms with Crippen molar-refractivity contribution in [3.63, 3.8) is 0 Å². The van der Waals surface area contributed by atoms with E-state index < -0.39 is 120 Å². The molecule has 2 heterocycles. The highest BCUT2D eigenvalue weighted by Crippen LogP contribution is 2.65. The number of carbonyl (C=O) groups is 10. The minimum atomic E-state index is -3.56. The number of urea groups is 2. The van der Waals surface area contributed by atoms with Gasteiger partial charge in [-0.05, 0) is 150 Å². The number of sulfone groups is 1. The van der Waals surface area contributed by atoms with E-state index in [0.717, 1.165) is 64.2 Å². The molecule has 0 spiro atoms. The molecule has 5 saturated carbocycles. The highest BCUT2D eigenvalue weighted by molar-refractivity contribution is 7.92. The van der Waals surface area contributed by atoms with Gasteiger partial charge in [-0.3, -0.25) is 38.4 Å². The summed E-state index contributed by atoms with van der Waals surface area (Å²) in [5.74, 6) is -2.96. The van der Waals surface area contributed by atoms with E-state index in [9.17, 15) is 56.4 Å². The molecular weight excluding hydrogens is 1140 g/mol. The van der Waals surface area contributed by atoms with Crippen LogP contribution in [0.4, 0.5) is 9.59 Å². The van der Waals surface area contributed by atoms with Crippen LogP contribution < -0.4 is 31.9 Å². The molecule has 1 unspecified atom stereocenters. The van der Waals surface area contributed by atoms with Crippen LogP contribution in [-0.4, -0.2) is 148 Å². The summed E-state index contributed by atoms with van der Waals surface area (Å²) in [5, 5.41) is 17.5. The van der Waals surface area contributed by atoms with Crippen LogP contribution >= 0.6 is 0 Å². The maximum atomic E-state index is 14.6. The Hall–Kier alpha value is -4.95. The smallest absolute Gasteiger partial charge is 0.315 e. The van der Waals surface area contributed by atoms with Crippen LogP contribution in [0.1, 0.15) is 234 Å². The number of nitrogens with zero attached hydrogens (tertiary/aromatic N) is 2. The fraction of sp³-hybridized carbons (Fsp3) is 0.851. The van der Waals surface area contributed by atoms with Crippen LogP contribution in [0.5, 0.6) is 0 Å². The van der Waals surface area contributed by atoms with Gasteiger partial charge in [-0.2, -0.15) is 0 Å². The predicted molar refractivity (Wildman–Crippen MR) is 339 cm³/mol. The van der Waals surface area contributed by atoms with Crippen molar-refractivity contribution in [3.8, 4) is 0 Å². The monoisotopic (exact) mass is 1250 g/mol. The number of amides is 8. The van der Waals surface area contributed by atoms with E-state index in [4.69, 9.17) is 0 Å². The molecule has 498 valence electrons. The third-order valence-electron chi connectivity index (χ3n) is 20.6. The average Bonchev–Trinajstić information content (AvgIpc) is 1.60. The standard InChI is InChI=1S/C38H64N4O7S.C29H48N4O5/c1-10-11-15-26(30(44)27(43)22-24-16-17-24)39-32(45)29-28-25(37(28,8)9)18-21-42(29)33(46)31(35(2,3)4)40-34(47)41-38(19-13-12-14-20-38)23-50(48,49)36(5,6)7;1-16(34)22(35)19(15-17-11-10-12-17)30-24(36)21-20-18(29(20,8)9)13-14-33(21)25(37)23(27(2,3)4)31-26(38)32-28(5,6)7/h24-26,28-29,31H,10-23H2,1-9H3,(H,39,45)(H2,40,41,47);17-21,23H,10-15H2,1-9H3,(H,30,36)(H2,31,32,38)/t25-,26-,28-,29-,31+;18-,19?,20-,21-,23+/m00/s1. The first-order valence-electron chi connectivity index (χ1n) is 33.1. The number of rotatable bonds is 22. The van der Waals surface area contributed by atoms with Gasteiger partial charge in [0.1, 0.15) is 24.2 Å². The molecule has 5 aliphatic carbocycles. The number of likely N-dealkylation sites (tertiary alicyclic amines) is 2. The number of hydrogen-bond acceptors (Lipinski definition) is 12. The zero-order chi connectivity index (χ0) is 66.2. The molecule has 8 amide bonds. The number of hydrogen-bond donors (Lipinski definition) is 6. The first-order chi connectivity index (χ1) is 40.4. The van der Waals surface area contributed by atoms with Gasteiger partial charge in [0, 0.05) is 32.0 Å². The van der Waals surface area contributed by atoms with E-state index >= 15 is 0 Å². The molecule has 2 aliphatic heterocycles. The Bertz CT molecular complexity index is 2750. The summed E-state index contributed by atoms with van der Waals surface area (Å²) in [6, 6.07) is -6.37. The summed E-state index contributed by atoms with van der Waals surface area (Å²) in [5.41, 5.74) is -3.12. The van der Waals surface area contributed by atoms with Crippen molar-refractivity contribution in [3.05, 3.63) is 0 Å². The largest absolute Gasteiger partial charge is 0.344 e. The van der Waals surface area contributed by atoms with Gasteiger partial charge in [-0.15, -0.1) is 0 Å². The number of piperidine rings is 2. The lowest BCUT2D eigenvalue weighted by atomic mass is 9.79. The van der Waals surface area contributed by atoms with Gasteiger partial charge < -0.3 is 41.7 Å². The van der Waals surface area contributed by atoms with Gasteiger partial charge in [-0.1, -0.05) is 128 Å². The van der Waals surface area contributed by atoms with E-state index in [1.165, 1.54) is 6.92 Å². The summed E-state index contributed by atoms with van der Waals surface area (Å²) < 4.78 is 25.7. The van der Waals surface area contributed by atoms with E-state index in [-0.39, 0.29) is 58.5 Å². The third-order valence-corrected chi connectivity index (χ3v) is 23.4. The van der Waals surface area contributed by atoms with Gasteiger partial charge in [0.2, 0.25) is 41.0 Å². The molecule has 88 heavy (non-hydrogen) atoms. The minimum Gasteiger partial charge on any atom is -0.344 e. The maximum Gasteiger partial charge on any atom is 0.315 e. The molecule has 21 heteroatoms. The van der Waals surface area contributed by atoms with E-state index in [1.54, 1.807) is 30.6 Å². The lowest BCUT2D eigenvalue weighted by Gasteiger charge is -2.42. The topological polar surface area (TPSA) is 284 Å². The van der Waals surface area contributed by atoms with Gasteiger partial charge >= 0.3 is 12.1 Å². The summed E-state index contributed by atoms with van der Waals surface area (Å²) in [4.78, 5) is 138. The fourth-order valence-electron chi connectivity index (χ4n) is 14.5. The van der Waals surface area contributed by atoms with Gasteiger partial charge in [0.25, 0.3) is 0 Å². The number of fused-ring (bicyclic) bond motifs is 2. The molecule has 6 N–H and O–H groups in total. The van der Waals surface area contributed by atoms with Crippen LogP contribution in [-0.2, 0) is 48.2 Å². The van der Waals surface area contributed by atoms with E-state index in [0.29, 0.717) is 63.5 Å². The number of nitrogens with one attached hydrogen (secondary N) is 6. The molecule has 2 saturated heterocycles. The second kappa shape index (κ2) is 27.1. The van der Waals surface area contributed by atoms with Crippen molar-refractivity contribution in [1.29, 1.82) is 0 Å². The van der Waals surface area contributed by atoms with E-state index in [2.05, 4.69) is 59.6 Å². The molecule has 7 rings (SSSR count). The van der Waals surface area contributed by atoms with E-state index in [1.807, 2.05) is 69.2 Å². The van der Waals surface area contributed by atoms with Gasteiger partial charge in [0.05, 0.1) is 28.1 Å². The van der Waals surface area contributed by atoms with Crippen molar-refractivity contribution in [2.45, 2.75) is 286 Å². The summed E-state index contributed by atoms with van der Waals surface area (Å²) >= 11 is 0. The highest BCUT2D eigenvalue weighted by atomic mass is 32.2. The molecular formula is C67H112N8O12S. The lowest BCUT2D eigenvalue weighted by molar-refractivity contribution is -0.147. The van der Waals surface area contributed by atoms with Gasteiger partial charge in [0.15, 0.2) is 15.6 Å². The molecule has 0 radical (unpaired) electrons. The maximum absolute atomic E-state index is 14.6. The average molecular weight is 1250 g/mol. The van der Waals surface area contributed by atoms with Crippen LogP contribution in [0.15, 0.2) is 0 Å². The SMILES string of the molecule is CC(=O)C(=O)C(CC1CCC1)NC(=O)[C@@H]1[C@@H]2[C@H](CCN1C(=O)[C@@H](NC(=O)NC(C)(C)C)C(C)(C)C)C2(C)C.CCCC[C@H](NC(=O)[C@@H]1[C@@H]2[C@H](CCN1C(=O)[C@@H](NC(=O)NC1(CS(=O)(=O)C(C)(C)C)CCCCC1)C(C)(C)C)C2(C)C)C(=O)C(=O)CC1CC1. The van der Waals surface area contributed by atoms with Crippen LogP contribution in [0.2, 0.25) is 0 Å². The van der Waals surface area contributed by atoms with Crippen LogP contribution in [0, 0.1) is 57.2 Å². The second-order valence-corrected chi connectivity index (χ2v) is 35.6. The normalized spacial score (nSPS) is 26.0. The molecule has 0 aromatic carbocycles. The Morgan fingerprint density at radius 1 is 0.568 bits per heavy atom. The number of Topliss-reactive ketones (excluding diaryl/α,β-unsaturated/α-hetero) is 4. The summed E-state index contributed by atoms with van der Waals surface area (Å²) in [6.07, 6.45) is 12.5. The van der Waals surface area contributed by atoms with Gasteiger partial charge in [-0.25, -0.2) is 18.0 Å². The fourth-order valence-corrected chi connectivity index (χ4v) is 16.0. The minimum absolute atomic E-state index is 0.0546. The zero-order valence-electron chi connectivity index (χ0n) is 56.8. The molecule has 0 aromatic rings. The Morgan fingerprint density at radius 2 is 1.03 bits per heavy atom.